The van der Waals surface area contributed by atoms with Gasteiger partial charge in [-0.3, -0.25) is 19.8 Å². The molecule has 2 fully saturated rings. The van der Waals surface area contributed by atoms with Gasteiger partial charge in [0.2, 0.25) is 5.91 Å². The van der Waals surface area contributed by atoms with E-state index in [2.05, 4.69) is 50.8 Å². The Hall–Kier alpha value is -3.17. The van der Waals surface area contributed by atoms with Gasteiger partial charge in [-0.15, -0.1) is 0 Å². The summed E-state index contributed by atoms with van der Waals surface area (Å²) in [4.78, 5) is 19.0. The number of hydrogen-bond acceptors (Lipinski definition) is 6. The third-order valence-electron chi connectivity index (χ3n) is 9.55. The van der Waals surface area contributed by atoms with Crippen LogP contribution in [0.1, 0.15) is 50.2 Å². The molecule has 9 heteroatoms. The van der Waals surface area contributed by atoms with Crippen molar-refractivity contribution >= 4 is 17.4 Å². The van der Waals surface area contributed by atoms with Gasteiger partial charge in [0.15, 0.2) is 0 Å². The molecule has 0 radical (unpaired) electrons. The molecular weight excluding hydrogens is 512 g/mol. The maximum Gasteiger partial charge on any atom is 0.219 e. The van der Waals surface area contributed by atoms with E-state index in [0.717, 1.165) is 67.3 Å². The molecule has 0 unspecified atom stereocenters. The fraction of sp³-hybridized carbons (Fsp3) is 0.594. The van der Waals surface area contributed by atoms with Crippen LogP contribution in [0.3, 0.4) is 0 Å². The summed E-state index contributed by atoms with van der Waals surface area (Å²) in [5.41, 5.74) is 8.07. The van der Waals surface area contributed by atoms with E-state index in [1.165, 1.54) is 55.6 Å². The SMILES string of the molecule is CC(=O)N1CCC(NC2CN(CCC3CCNCC3)C2)=C(C(=N)N2CCCc3cc(-c4cnn(C)c4)c(C)cc32)C1. The van der Waals surface area contributed by atoms with E-state index in [4.69, 9.17) is 0 Å². The van der Waals surface area contributed by atoms with Crippen LogP contribution in [0.5, 0.6) is 0 Å². The molecule has 41 heavy (non-hydrogen) atoms. The van der Waals surface area contributed by atoms with Crippen molar-refractivity contribution in [3.05, 3.63) is 46.9 Å². The van der Waals surface area contributed by atoms with E-state index in [1.807, 2.05) is 22.8 Å². The first-order valence-electron chi connectivity index (χ1n) is 15.5. The molecule has 0 bridgehead atoms. The first kappa shape index (κ1) is 28.0. The Morgan fingerprint density at radius 2 is 1.98 bits per heavy atom. The highest BCUT2D eigenvalue weighted by atomic mass is 16.2. The first-order valence-corrected chi connectivity index (χ1v) is 15.5. The van der Waals surface area contributed by atoms with Gasteiger partial charge in [-0.05, 0) is 93.4 Å². The third kappa shape index (κ3) is 6.06. The summed E-state index contributed by atoms with van der Waals surface area (Å²) < 4.78 is 1.84. The molecule has 4 aliphatic rings. The zero-order valence-electron chi connectivity index (χ0n) is 25.0. The summed E-state index contributed by atoms with van der Waals surface area (Å²) >= 11 is 0. The third-order valence-corrected chi connectivity index (χ3v) is 9.55. The molecule has 1 aromatic carbocycles. The Bertz CT molecular complexity index is 1320. The van der Waals surface area contributed by atoms with Crippen molar-refractivity contribution in [2.24, 2.45) is 13.0 Å². The van der Waals surface area contributed by atoms with Crippen LogP contribution in [0.15, 0.2) is 35.8 Å². The minimum Gasteiger partial charge on any atom is -0.383 e. The topological polar surface area (TPSA) is 92.5 Å². The van der Waals surface area contributed by atoms with Gasteiger partial charge in [0.05, 0.1) is 18.8 Å². The van der Waals surface area contributed by atoms with Crippen LogP contribution < -0.4 is 15.5 Å². The first-order chi connectivity index (χ1) is 19.9. The second kappa shape index (κ2) is 12.0. The summed E-state index contributed by atoms with van der Waals surface area (Å²) in [5.74, 6) is 1.48. The molecule has 3 N–H and O–H groups in total. The van der Waals surface area contributed by atoms with Crippen LogP contribution >= 0.6 is 0 Å². The highest BCUT2D eigenvalue weighted by molar-refractivity contribution is 6.09. The lowest BCUT2D eigenvalue weighted by Crippen LogP contribution is -2.58. The molecule has 2 aromatic rings. The molecule has 0 atom stereocenters. The minimum absolute atomic E-state index is 0.0816. The van der Waals surface area contributed by atoms with Gasteiger partial charge in [-0.2, -0.15) is 5.10 Å². The van der Waals surface area contributed by atoms with Crippen LogP contribution in [-0.4, -0.2) is 89.7 Å². The zero-order chi connectivity index (χ0) is 28.5. The average Bonchev–Trinajstić information content (AvgIpc) is 3.39. The number of amidine groups is 1. The van der Waals surface area contributed by atoms with Crippen molar-refractivity contribution in [1.29, 1.82) is 5.41 Å². The quantitative estimate of drug-likeness (QED) is 0.357. The Kier molecular flexibility index (Phi) is 8.17. The monoisotopic (exact) mass is 558 g/mol. The molecule has 0 aliphatic carbocycles. The lowest BCUT2D eigenvalue weighted by molar-refractivity contribution is -0.128. The summed E-state index contributed by atoms with van der Waals surface area (Å²) in [6.45, 7) is 11.5. The molecular formula is C32H46N8O. The van der Waals surface area contributed by atoms with Crippen LogP contribution in [0, 0.1) is 18.3 Å². The number of aryl methyl sites for hydroxylation is 3. The van der Waals surface area contributed by atoms with Crippen molar-refractivity contribution in [1.82, 2.24) is 30.2 Å². The van der Waals surface area contributed by atoms with E-state index in [1.54, 1.807) is 6.92 Å². The number of piperidine rings is 1. The highest BCUT2D eigenvalue weighted by Gasteiger charge is 2.33. The molecule has 9 nitrogen and oxygen atoms in total. The summed E-state index contributed by atoms with van der Waals surface area (Å²) in [7, 11) is 1.95. The van der Waals surface area contributed by atoms with Crippen molar-refractivity contribution < 1.29 is 4.79 Å². The normalized spacial score (nSPS) is 20.7. The van der Waals surface area contributed by atoms with E-state index < -0.39 is 0 Å². The number of nitrogens with zero attached hydrogens (tertiary/aromatic N) is 5. The number of nitrogens with one attached hydrogen (secondary N) is 3. The molecule has 4 aliphatic heterocycles. The van der Waals surface area contributed by atoms with Crippen LogP contribution in [0.2, 0.25) is 0 Å². The van der Waals surface area contributed by atoms with Gasteiger partial charge in [-0.1, -0.05) is 0 Å². The van der Waals surface area contributed by atoms with Gasteiger partial charge in [-0.25, -0.2) is 0 Å². The summed E-state index contributed by atoms with van der Waals surface area (Å²) in [6, 6.07) is 4.96. The number of anilines is 1. The zero-order valence-corrected chi connectivity index (χ0v) is 25.0. The molecule has 0 saturated carbocycles. The number of rotatable bonds is 7. The molecule has 5 heterocycles. The molecule has 2 saturated heterocycles. The van der Waals surface area contributed by atoms with Crippen molar-refractivity contribution in [2.45, 2.75) is 58.4 Å². The Labute approximate surface area is 244 Å². The predicted molar refractivity (Wildman–Crippen MR) is 164 cm³/mol. The summed E-state index contributed by atoms with van der Waals surface area (Å²) in [5, 5.41) is 21.1. The highest BCUT2D eigenvalue weighted by Crippen LogP contribution is 2.36. The van der Waals surface area contributed by atoms with Gasteiger partial charge in [0, 0.05) is 75.3 Å². The van der Waals surface area contributed by atoms with E-state index in [-0.39, 0.29) is 5.91 Å². The molecule has 1 amide bonds. The fourth-order valence-corrected chi connectivity index (χ4v) is 7.04. The molecule has 6 rings (SSSR count). The Morgan fingerprint density at radius 3 is 2.71 bits per heavy atom. The number of amides is 1. The second-order valence-corrected chi connectivity index (χ2v) is 12.5. The van der Waals surface area contributed by atoms with Crippen molar-refractivity contribution in [3.8, 4) is 11.1 Å². The average molecular weight is 559 g/mol. The van der Waals surface area contributed by atoms with Crippen LogP contribution in [0.4, 0.5) is 5.69 Å². The molecule has 1 aromatic heterocycles. The van der Waals surface area contributed by atoms with Gasteiger partial charge >= 0.3 is 0 Å². The number of hydrogen-bond donors (Lipinski definition) is 3. The maximum atomic E-state index is 12.4. The molecule has 0 spiro atoms. The Balaban J connectivity index is 1.18. The van der Waals surface area contributed by atoms with Gasteiger partial charge in [0.25, 0.3) is 0 Å². The summed E-state index contributed by atoms with van der Waals surface area (Å²) in [6.07, 6.45) is 10.7. The number of aromatic nitrogens is 2. The van der Waals surface area contributed by atoms with Gasteiger partial charge in [0.1, 0.15) is 5.84 Å². The maximum absolute atomic E-state index is 12.4. The largest absolute Gasteiger partial charge is 0.383 e. The fourth-order valence-electron chi connectivity index (χ4n) is 7.04. The number of benzene rings is 1. The van der Waals surface area contributed by atoms with Gasteiger partial charge < -0.3 is 20.4 Å². The van der Waals surface area contributed by atoms with Crippen molar-refractivity contribution in [2.75, 3.05) is 57.3 Å². The standard InChI is InChI=1S/C32H46N8O/c1-22-15-31-25(16-28(22)26-17-35-37(3)18-26)5-4-12-40(31)32(33)29-21-39(23(2)41)14-9-30(29)36-27-19-38(20-27)13-8-24-6-10-34-11-7-24/h15-18,24,27,33-34,36H,4-14,19-21H2,1-3H3. The second-order valence-electron chi connectivity index (χ2n) is 12.5. The Morgan fingerprint density at radius 1 is 1.17 bits per heavy atom. The van der Waals surface area contributed by atoms with E-state index in [0.29, 0.717) is 25.0 Å². The lowest BCUT2D eigenvalue weighted by atomic mass is 9.92. The predicted octanol–water partition coefficient (Wildman–Crippen LogP) is 3.30. The number of fused-ring (bicyclic) bond motifs is 1. The number of likely N-dealkylation sites (tertiary alicyclic amines) is 1. The lowest BCUT2D eigenvalue weighted by Gasteiger charge is -2.43. The molecule has 220 valence electrons. The minimum atomic E-state index is 0.0816. The van der Waals surface area contributed by atoms with Crippen molar-refractivity contribution in [3.63, 3.8) is 0 Å². The van der Waals surface area contributed by atoms with E-state index in [9.17, 15) is 10.2 Å². The smallest absolute Gasteiger partial charge is 0.219 e. The van der Waals surface area contributed by atoms with Crippen LogP contribution in [-0.2, 0) is 18.3 Å². The number of carbonyl (C=O) groups is 1. The van der Waals surface area contributed by atoms with E-state index >= 15 is 0 Å². The van der Waals surface area contributed by atoms with Crippen LogP contribution in [0.25, 0.3) is 11.1 Å². The number of carbonyl (C=O) groups excluding carboxylic acids is 1.